The highest BCUT2D eigenvalue weighted by Crippen LogP contribution is 2.32. The van der Waals surface area contributed by atoms with E-state index in [0.29, 0.717) is 30.6 Å². The highest BCUT2D eigenvalue weighted by atomic mass is 19.4. The lowest BCUT2D eigenvalue weighted by molar-refractivity contribution is -0.274. The monoisotopic (exact) mass is 373 g/mol. The third-order valence-electron chi connectivity index (χ3n) is 3.58. The van der Waals surface area contributed by atoms with E-state index in [2.05, 4.69) is 15.4 Å². The van der Waals surface area contributed by atoms with E-state index in [4.69, 9.17) is 0 Å². The quantitative estimate of drug-likeness (QED) is 0.855. The fraction of sp³-hybridized carbons (Fsp3) is 0.529. The molecule has 0 saturated heterocycles. The standard InChI is InChI=1S/C17H22F3N3O3/c1-16(2,3)22-15(25)21-14(24)10-23-8-4-5-11-9-12(6-7-13(11)23)26-17(18,19)20/h6-7,9H,4-5,8,10H2,1-3H3,(H2,21,22,24,25). The average Bonchev–Trinajstić information content (AvgIpc) is 2.43. The van der Waals surface area contributed by atoms with Crippen LogP contribution in [-0.4, -0.2) is 36.9 Å². The predicted octanol–water partition coefficient (Wildman–Crippen LogP) is 2.96. The largest absolute Gasteiger partial charge is 0.573 e. The summed E-state index contributed by atoms with van der Waals surface area (Å²) in [5.41, 5.74) is 0.860. The molecule has 3 amide bonds. The Kier molecular flexibility index (Phi) is 5.68. The third-order valence-corrected chi connectivity index (χ3v) is 3.58. The Labute approximate surface area is 149 Å². The smallest absolute Gasteiger partial charge is 0.406 e. The van der Waals surface area contributed by atoms with Crippen LogP contribution in [0.5, 0.6) is 5.75 Å². The number of benzene rings is 1. The SMILES string of the molecule is CC(C)(C)NC(=O)NC(=O)CN1CCCc2cc(OC(F)(F)F)ccc21. The molecule has 0 radical (unpaired) electrons. The number of carbonyl (C=O) groups excluding carboxylic acids is 2. The summed E-state index contributed by atoms with van der Waals surface area (Å²) in [7, 11) is 0. The Morgan fingerprint density at radius 2 is 1.92 bits per heavy atom. The van der Waals surface area contributed by atoms with E-state index in [9.17, 15) is 22.8 Å². The van der Waals surface area contributed by atoms with Gasteiger partial charge in [-0.15, -0.1) is 13.2 Å². The molecule has 0 unspecified atom stereocenters. The zero-order chi connectivity index (χ0) is 19.5. The van der Waals surface area contributed by atoms with Gasteiger partial charge in [0.25, 0.3) is 0 Å². The fourth-order valence-corrected chi connectivity index (χ4v) is 2.72. The van der Waals surface area contributed by atoms with Gasteiger partial charge in [-0.25, -0.2) is 4.79 Å². The molecule has 144 valence electrons. The molecular weight excluding hydrogens is 351 g/mol. The predicted molar refractivity (Wildman–Crippen MR) is 90.1 cm³/mol. The van der Waals surface area contributed by atoms with Crippen molar-refractivity contribution in [3.05, 3.63) is 23.8 Å². The molecule has 0 fully saturated rings. The van der Waals surface area contributed by atoms with E-state index in [-0.39, 0.29) is 12.3 Å². The van der Waals surface area contributed by atoms with Crippen LogP contribution in [0.3, 0.4) is 0 Å². The van der Waals surface area contributed by atoms with E-state index in [0.717, 1.165) is 0 Å². The van der Waals surface area contributed by atoms with Gasteiger partial charge in [-0.3, -0.25) is 10.1 Å². The molecule has 0 bridgehead atoms. The van der Waals surface area contributed by atoms with Gasteiger partial charge in [0, 0.05) is 17.8 Å². The molecule has 2 rings (SSSR count). The van der Waals surface area contributed by atoms with Crippen molar-refractivity contribution < 1.29 is 27.5 Å². The first-order chi connectivity index (χ1) is 11.9. The molecule has 2 N–H and O–H groups in total. The highest BCUT2D eigenvalue weighted by molar-refractivity contribution is 5.96. The van der Waals surface area contributed by atoms with Crippen LogP contribution in [0.1, 0.15) is 32.8 Å². The average molecular weight is 373 g/mol. The number of amides is 3. The first-order valence-electron chi connectivity index (χ1n) is 8.18. The Bertz CT molecular complexity index is 684. The Morgan fingerprint density at radius 3 is 2.54 bits per heavy atom. The number of hydrogen-bond acceptors (Lipinski definition) is 4. The number of rotatable bonds is 3. The van der Waals surface area contributed by atoms with Crippen LogP contribution < -0.4 is 20.3 Å². The number of fused-ring (bicyclic) bond motifs is 1. The normalized spacial score (nSPS) is 14.5. The number of imide groups is 1. The first kappa shape index (κ1) is 19.9. The number of ether oxygens (including phenoxy) is 1. The van der Waals surface area contributed by atoms with Crippen LogP contribution in [0, 0.1) is 0 Å². The van der Waals surface area contributed by atoms with Crippen LogP contribution in [0.15, 0.2) is 18.2 Å². The molecule has 0 spiro atoms. The molecule has 1 aliphatic rings. The molecule has 0 atom stereocenters. The maximum Gasteiger partial charge on any atom is 0.573 e. The van der Waals surface area contributed by atoms with Gasteiger partial charge < -0.3 is 15.0 Å². The number of anilines is 1. The van der Waals surface area contributed by atoms with Crippen molar-refractivity contribution in [1.82, 2.24) is 10.6 Å². The summed E-state index contributed by atoms with van der Waals surface area (Å²) in [5, 5.41) is 4.88. The third kappa shape index (κ3) is 6.12. The molecule has 0 aliphatic carbocycles. The molecular formula is C17H22F3N3O3. The van der Waals surface area contributed by atoms with Crippen molar-refractivity contribution >= 4 is 17.6 Å². The van der Waals surface area contributed by atoms with Crippen LogP contribution in [-0.2, 0) is 11.2 Å². The summed E-state index contributed by atoms with van der Waals surface area (Å²) in [6, 6.07) is 3.46. The molecule has 9 heteroatoms. The lowest BCUT2D eigenvalue weighted by Crippen LogP contribution is -2.50. The number of nitrogens with zero attached hydrogens (tertiary/aromatic N) is 1. The molecule has 1 aromatic carbocycles. The van der Waals surface area contributed by atoms with Crippen LogP contribution >= 0.6 is 0 Å². The summed E-state index contributed by atoms with van der Waals surface area (Å²) >= 11 is 0. The lowest BCUT2D eigenvalue weighted by atomic mass is 10.0. The van der Waals surface area contributed by atoms with Gasteiger partial charge in [0.2, 0.25) is 5.91 Å². The van der Waals surface area contributed by atoms with Gasteiger partial charge in [0.05, 0.1) is 6.54 Å². The molecule has 1 heterocycles. The molecule has 26 heavy (non-hydrogen) atoms. The van der Waals surface area contributed by atoms with Crippen molar-refractivity contribution in [2.75, 3.05) is 18.0 Å². The zero-order valence-corrected chi connectivity index (χ0v) is 14.9. The number of hydrogen-bond donors (Lipinski definition) is 2. The Morgan fingerprint density at radius 1 is 1.23 bits per heavy atom. The molecule has 6 nitrogen and oxygen atoms in total. The Hall–Kier alpha value is -2.45. The summed E-state index contributed by atoms with van der Waals surface area (Å²) in [6.45, 7) is 5.88. The topological polar surface area (TPSA) is 70.7 Å². The Balaban J connectivity index is 2.02. The summed E-state index contributed by atoms with van der Waals surface area (Å²) < 4.78 is 40.9. The minimum absolute atomic E-state index is 0.0654. The van der Waals surface area contributed by atoms with Crippen LogP contribution in [0.4, 0.5) is 23.7 Å². The maximum absolute atomic E-state index is 12.3. The molecule has 0 saturated carbocycles. The molecule has 1 aliphatic heterocycles. The van der Waals surface area contributed by atoms with E-state index >= 15 is 0 Å². The van der Waals surface area contributed by atoms with Crippen molar-refractivity contribution in [3.63, 3.8) is 0 Å². The van der Waals surface area contributed by atoms with Gasteiger partial charge in [-0.05, 0) is 57.4 Å². The van der Waals surface area contributed by atoms with Crippen molar-refractivity contribution in [3.8, 4) is 5.75 Å². The second-order valence-electron chi connectivity index (χ2n) is 7.12. The lowest BCUT2D eigenvalue weighted by Gasteiger charge is -2.31. The number of carbonyl (C=O) groups is 2. The van der Waals surface area contributed by atoms with Gasteiger partial charge in [0.1, 0.15) is 5.75 Å². The number of nitrogens with one attached hydrogen (secondary N) is 2. The van der Waals surface area contributed by atoms with E-state index < -0.39 is 23.8 Å². The highest BCUT2D eigenvalue weighted by Gasteiger charge is 2.31. The molecule has 1 aromatic rings. The second kappa shape index (κ2) is 7.43. The van der Waals surface area contributed by atoms with Crippen LogP contribution in [0.25, 0.3) is 0 Å². The minimum atomic E-state index is -4.75. The fourth-order valence-electron chi connectivity index (χ4n) is 2.72. The van der Waals surface area contributed by atoms with E-state index in [1.165, 1.54) is 18.2 Å². The second-order valence-corrected chi connectivity index (χ2v) is 7.12. The van der Waals surface area contributed by atoms with Crippen LogP contribution in [0.2, 0.25) is 0 Å². The zero-order valence-electron chi connectivity index (χ0n) is 14.9. The minimum Gasteiger partial charge on any atom is -0.406 e. The first-order valence-corrected chi connectivity index (χ1v) is 8.18. The number of urea groups is 1. The summed E-state index contributed by atoms with van der Waals surface area (Å²) in [5.74, 6) is -0.776. The molecule has 0 aromatic heterocycles. The van der Waals surface area contributed by atoms with Gasteiger partial charge >= 0.3 is 12.4 Å². The number of halogens is 3. The van der Waals surface area contributed by atoms with E-state index in [1.807, 2.05) is 0 Å². The van der Waals surface area contributed by atoms with Gasteiger partial charge in [-0.2, -0.15) is 0 Å². The number of aryl methyl sites for hydroxylation is 1. The van der Waals surface area contributed by atoms with Crippen molar-refractivity contribution in [2.45, 2.75) is 45.5 Å². The van der Waals surface area contributed by atoms with Gasteiger partial charge in [-0.1, -0.05) is 0 Å². The maximum atomic E-state index is 12.3. The van der Waals surface area contributed by atoms with Crippen molar-refractivity contribution in [1.29, 1.82) is 0 Å². The summed E-state index contributed by atoms with van der Waals surface area (Å²) in [6.07, 6.45) is -3.47. The van der Waals surface area contributed by atoms with Crippen molar-refractivity contribution in [2.24, 2.45) is 0 Å². The van der Waals surface area contributed by atoms with E-state index in [1.54, 1.807) is 25.7 Å². The number of alkyl halides is 3. The summed E-state index contributed by atoms with van der Waals surface area (Å²) in [4.78, 5) is 25.6. The van der Waals surface area contributed by atoms with Gasteiger partial charge in [0.15, 0.2) is 0 Å².